The van der Waals surface area contributed by atoms with Crippen LogP contribution in [0.25, 0.3) is 0 Å². The van der Waals surface area contributed by atoms with Gasteiger partial charge in [-0.05, 0) is 30.0 Å². The fourth-order valence-corrected chi connectivity index (χ4v) is 4.37. The van der Waals surface area contributed by atoms with Gasteiger partial charge in [0.15, 0.2) is 5.78 Å². The van der Waals surface area contributed by atoms with Gasteiger partial charge in [0, 0.05) is 16.7 Å². The van der Waals surface area contributed by atoms with Crippen molar-refractivity contribution in [3.63, 3.8) is 0 Å². The van der Waals surface area contributed by atoms with Gasteiger partial charge in [0.25, 0.3) is 5.91 Å². The summed E-state index contributed by atoms with van der Waals surface area (Å²) in [6.07, 6.45) is 5.79. The third kappa shape index (κ3) is 7.94. The molecule has 0 aromatic heterocycles. The molecule has 0 saturated heterocycles. The molecule has 168 valence electrons. The van der Waals surface area contributed by atoms with Crippen molar-refractivity contribution in [2.75, 3.05) is 5.75 Å². The molecule has 0 aliphatic carbocycles. The van der Waals surface area contributed by atoms with Crippen molar-refractivity contribution >= 4 is 21.7 Å². The summed E-state index contributed by atoms with van der Waals surface area (Å²) in [6, 6.07) is 13.5. The number of benzene rings is 2. The van der Waals surface area contributed by atoms with Crippen molar-refractivity contribution in [2.24, 2.45) is 0 Å². The van der Waals surface area contributed by atoms with E-state index in [1.807, 2.05) is 12.1 Å². The molecule has 5 nitrogen and oxygen atoms in total. The highest BCUT2D eigenvalue weighted by atomic mass is 32.2. The molecule has 0 radical (unpaired) electrons. The largest absolute Gasteiger partial charge is 0.289 e. The van der Waals surface area contributed by atoms with Gasteiger partial charge in [0.2, 0.25) is 10.0 Å². The molecule has 0 bridgehead atoms. The van der Waals surface area contributed by atoms with E-state index in [-0.39, 0.29) is 17.1 Å². The molecule has 0 aliphatic rings. The first-order chi connectivity index (χ1) is 14.7. The lowest BCUT2D eigenvalue weighted by molar-refractivity contribution is 0.0979. The Labute approximate surface area is 186 Å². The molecule has 0 unspecified atom stereocenters. The van der Waals surface area contributed by atoms with Crippen molar-refractivity contribution in [3.8, 4) is 0 Å². The summed E-state index contributed by atoms with van der Waals surface area (Å²) in [6.45, 7) is 6.31. The summed E-state index contributed by atoms with van der Waals surface area (Å²) in [5, 5.41) is 0. The molecule has 0 heterocycles. The molecule has 0 atom stereocenters. The number of ketones is 1. The van der Waals surface area contributed by atoms with Crippen molar-refractivity contribution in [1.82, 2.24) is 4.72 Å². The summed E-state index contributed by atoms with van der Waals surface area (Å²) in [7, 11) is -3.67. The number of sulfonamides is 1. The van der Waals surface area contributed by atoms with Crippen molar-refractivity contribution in [2.45, 2.75) is 65.2 Å². The SMILES string of the molecule is CCCCCCCCS(=O)(=O)NC(=O)c1ccc(C(=O)c2ccc(C(C)C)cc2)cc1. The van der Waals surface area contributed by atoms with E-state index in [0.29, 0.717) is 23.5 Å². The van der Waals surface area contributed by atoms with Crippen LogP contribution in [0.15, 0.2) is 48.5 Å². The van der Waals surface area contributed by atoms with Gasteiger partial charge in [-0.25, -0.2) is 13.1 Å². The van der Waals surface area contributed by atoms with Crippen LogP contribution in [0.4, 0.5) is 0 Å². The van der Waals surface area contributed by atoms with Crippen molar-refractivity contribution in [3.05, 3.63) is 70.8 Å². The Kier molecular flexibility index (Phi) is 9.44. The van der Waals surface area contributed by atoms with E-state index in [4.69, 9.17) is 0 Å². The molecule has 0 fully saturated rings. The fraction of sp³-hybridized carbons (Fsp3) is 0.440. The minimum Gasteiger partial charge on any atom is -0.289 e. The zero-order valence-electron chi connectivity index (χ0n) is 18.7. The summed E-state index contributed by atoms with van der Waals surface area (Å²) < 4.78 is 26.4. The van der Waals surface area contributed by atoms with Crippen molar-refractivity contribution < 1.29 is 18.0 Å². The summed E-state index contributed by atoms with van der Waals surface area (Å²) in [5.41, 5.74) is 2.39. The van der Waals surface area contributed by atoms with E-state index in [2.05, 4.69) is 25.5 Å². The van der Waals surface area contributed by atoms with E-state index in [1.54, 1.807) is 24.3 Å². The Morgan fingerprint density at radius 1 is 0.774 bits per heavy atom. The molecule has 2 aromatic rings. The second-order valence-corrected chi connectivity index (χ2v) is 10.0. The Hall–Kier alpha value is -2.47. The van der Waals surface area contributed by atoms with Gasteiger partial charge >= 0.3 is 0 Å². The van der Waals surface area contributed by atoms with Crippen LogP contribution >= 0.6 is 0 Å². The molecule has 0 aliphatic heterocycles. The smallest absolute Gasteiger partial charge is 0.264 e. The number of carbonyl (C=O) groups is 2. The van der Waals surface area contributed by atoms with Crippen LogP contribution in [0.1, 0.15) is 97.1 Å². The van der Waals surface area contributed by atoms with Crippen LogP contribution in [-0.4, -0.2) is 25.9 Å². The molecule has 6 heteroatoms. The second kappa shape index (κ2) is 11.8. The minimum absolute atomic E-state index is 0.0617. The zero-order chi connectivity index (χ0) is 22.9. The molecule has 2 rings (SSSR count). The van der Waals surface area contributed by atoms with Crippen LogP contribution < -0.4 is 4.72 Å². The van der Waals surface area contributed by atoms with Gasteiger partial charge in [-0.15, -0.1) is 0 Å². The Balaban J connectivity index is 1.92. The van der Waals surface area contributed by atoms with Gasteiger partial charge in [-0.2, -0.15) is 0 Å². The predicted molar refractivity (Wildman–Crippen MR) is 125 cm³/mol. The maximum Gasteiger partial charge on any atom is 0.264 e. The molecular weight excluding hydrogens is 410 g/mol. The topological polar surface area (TPSA) is 80.3 Å². The molecule has 2 aromatic carbocycles. The molecule has 0 saturated carbocycles. The van der Waals surface area contributed by atoms with Gasteiger partial charge in [-0.1, -0.05) is 89.3 Å². The maximum absolute atomic E-state index is 12.7. The lowest BCUT2D eigenvalue weighted by Crippen LogP contribution is -2.32. The number of hydrogen-bond acceptors (Lipinski definition) is 4. The first kappa shape index (κ1) is 24.8. The Bertz CT molecular complexity index is 962. The number of unbranched alkanes of at least 4 members (excludes halogenated alkanes) is 5. The highest BCUT2D eigenvalue weighted by molar-refractivity contribution is 7.90. The number of amides is 1. The van der Waals surface area contributed by atoms with Crippen molar-refractivity contribution in [1.29, 1.82) is 0 Å². The molecule has 1 N–H and O–H groups in total. The number of hydrogen-bond donors (Lipinski definition) is 1. The van der Waals surface area contributed by atoms with E-state index < -0.39 is 15.9 Å². The van der Waals surface area contributed by atoms with Crippen LogP contribution in [0, 0.1) is 0 Å². The molecular formula is C25H33NO4S. The minimum atomic E-state index is -3.67. The first-order valence-corrected chi connectivity index (χ1v) is 12.7. The van der Waals surface area contributed by atoms with Gasteiger partial charge < -0.3 is 0 Å². The summed E-state index contributed by atoms with van der Waals surface area (Å²) >= 11 is 0. The Morgan fingerprint density at radius 3 is 1.81 bits per heavy atom. The van der Waals surface area contributed by atoms with Gasteiger partial charge in [0.1, 0.15) is 0 Å². The summed E-state index contributed by atoms with van der Waals surface area (Å²) in [5.74, 6) is -0.489. The average Bonchev–Trinajstić information content (AvgIpc) is 2.75. The van der Waals surface area contributed by atoms with Crippen LogP contribution in [0.3, 0.4) is 0 Å². The molecule has 1 amide bonds. The fourth-order valence-electron chi connectivity index (χ4n) is 3.28. The summed E-state index contributed by atoms with van der Waals surface area (Å²) in [4.78, 5) is 25.0. The average molecular weight is 444 g/mol. The number of rotatable bonds is 12. The highest BCUT2D eigenvalue weighted by Crippen LogP contribution is 2.17. The maximum atomic E-state index is 12.7. The zero-order valence-corrected chi connectivity index (χ0v) is 19.5. The van der Waals surface area contributed by atoms with E-state index >= 15 is 0 Å². The third-order valence-electron chi connectivity index (χ3n) is 5.26. The van der Waals surface area contributed by atoms with E-state index in [9.17, 15) is 18.0 Å². The van der Waals surface area contributed by atoms with Crippen LogP contribution in [-0.2, 0) is 10.0 Å². The number of nitrogens with one attached hydrogen (secondary N) is 1. The van der Waals surface area contributed by atoms with E-state index in [0.717, 1.165) is 37.7 Å². The molecule has 0 spiro atoms. The second-order valence-electron chi connectivity index (χ2n) is 8.20. The predicted octanol–water partition coefficient (Wildman–Crippen LogP) is 5.46. The van der Waals surface area contributed by atoms with Gasteiger partial charge in [-0.3, -0.25) is 9.59 Å². The first-order valence-electron chi connectivity index (χ1n) is 11.0. The monoisotopic (exact) mass is 443 g/mol. The Morgan fingerprint density at radius 2 is 1.26 bits per heavy atom. The van der Waals surface area contributed by atoms with Gasteiger partial charge in [0.05, 0.1) is 5.75 Å². The van der Waals surface area contributed by atoms with Crippen LogP contribution in [0.2, 0.25) is 0 Å². The third-order valence-corrected chi connectivity index (χ3v) is 6.59. The number of carbonyl (C=O) groups excluding carboxylic acids is 2. The molecule has 31 heavy (non-hydrogen) atoms. The highest BCUT2D eigenvalue weighted by Gasteiger charge is 2.17. The lowest BCUT2D eigenvalue weighted by atomic mass is 9.97. The van der Waals surface area contributed by atoms with E-state index in [1.165, 1.54) is 12.1 Å². The van der Waals surface area contributed by atoms with Crippen LogP contribution in [0.5, 0.6) is 0 Å². The lowest BCUT2D eigenvalue weighted by Gasteiger charge is -2.08. The standard InChI is InChI=1S/C25H33NO4S/c1-4-5-6-7-8-9-18-31(29,30)26-25(28)23-16-14-22(15-17-23)24(27)21-12-10-20(11-13-21)19(2)3/h10-17,19H,4-9,18H2,1-3H3,(H,26,28). The quantitative estimate of drug-likeness (QED) is 0.349. The normalized spacial score (nSPS) is 11.5.